The van der Waals surface area contributed by atoms with Crippen LogP contribution in [0.4, 0.5) is 4.79 Å². The maximum Gasteiger partial charge on any atom is 0.366 e. The Kier molecular flexibility index (Phi) is 7.03. The summed E-state index contributed by atoms with van der Waals surface area (Å²) < 4.78 is 1.89. The minimum Gasteiger partial charge on any atom is -0.292 e. The Morgan fingerprint density at radius 3 is 2.04 bits per heavy atom. The molecular weight excluding hydrogens is 368 g/mol. The molecule has 1 saturated heterocycles. The third kappa shape index (κ3) is 6.09. The lowest BCUT2D eigenvalue weighted by Crippen LogP contribution is -2.61. The molecule has 2 heterocycles. The van der Waals surface area contributed by atoms with Crippen molar-refractivity contribution >= 4 is 23.6 Å². The summed E-state index contributed by atoms with van der Waals surface area (Å²) in [4.78, 5) is 52.4. The van der Waals surface area contributed by atoms with Crippen LogP contribution in [-0.2, 0) is 27.3 Å². The summed E-state index contributed by atoms with van der Waals surface area (Å²) >= 11 is 0. The van der Waals surface area contributed by atoms with E-state index in [-0.39, 0.29) is 5.78 Å². The zero-order chi connectivity index (χ0) is 20.5. The molecular formula is C18H17N4O6+. The fraction of sp³-hybridized carbons (Fsp3) is 0.167. The Bertz CT molecular complexity index is 822. The molecule has 0 radical (unpaired) electrons. The Labute approximate surface area is 159 Å². The van der Waals surface area contributed by atoms with E-state index in [1.165, 1.54) is 0 Å². The molecule has 0 bridgehead atoms. The second-order valence-corrected chi connectivity index (χ2v) is 5.74. The molecule has 3 rings (SSSR count). The summed E-state index contributed by atoms with van der Waals surface area (Å²) in [7, 11) is 0. The first-order valence-corrected chi connectivity index (χ1v) is 8.15. The molecule has 28 heavy (non-hydrogen) atoms. The number of ketones is 1. The van der Waals surface area contributed by atoms with E-state index >= 15 is 0 Å². The number of urea groups is 1. The van der Waals surface area contributed by atoms with Crippen LogP contribution in [0.3, 0.4) is 0 Å². The third-order valence-corrected chi connectivity index (χ3v) is 3.56. The van der Waals surface area contributed by atoms with Gasteiger partial charge in [-0.3, -0.25) is 35.1 Å². The van der Waals surface area contributed by atoms with Crippen molar-refractivity contribution in [2.45, 2.75) is 19.0 Å². The highest BCUT2D eigenvalue weighted by Gasteiger charge is 2.43. The molecule has 2 aromatic rings. The molecule has 2 N–H and O–H groups in total. The number of nitro groups is 1. The van der Waals surface area contributed by atoms with Gasteiger partial charge in [0, 0.05) is 23.5 Å². The van der Waals surface area contributed by atoms with Crippen molar-refractivity contribution in [3.63, 3.8) is 0 Å². The molecule has 10 nitrogen and oxygen atoms in total. The van der Waals surface area contributed by atoms with Gasteiger partial charge in [0.05, 0.1) is 0 Å². The van der Waals surface area contributed by atoms with Crippen LogP contribution in [0.1, 0.15) is 5.56 Å². The van der Waals surface area contributed by atoms with Crippen LogP contribution in [0, 0.1) is 10.1 Å². The highest BCUT2D eigenvalue weighted by Crippen LogP contribution is 2.00. The van der Waals surface area contributed by atoms with Crippen molar-refractivity contribution in [3.8, 4) is 0 Å². The molecule has 1 aromatic carbocycles. The first-order valence-electron chi connectivity index (χ1n) is 8.15. The van der Waals surface area contributed by atoms with Gasteiger partial charge in [-0.15, -0.1) is 0 Å². The number of barbiturate groups is 1. The molecule has 10 heteroatoms. The van der Waals surface area contributed by atoms with Crippen LogP contribution in [0.2, 0.25) is 0 Å². The van der Waals surface area contributed by atoms with Crippen molar-refractivity contribution in [1.82, 2.24) is 10.6 Å². The monoisotopic (exact) mass is 385 g/mol. The second kappa shape index (κ2) is 9.67. The molecule has 1 aliphatic heterocycles. The average Bonchev–Trinajstić information content (AvgIpc) is 2.62. The summed E-state index contributed by atoms with van der Waals surface area (Å²) in [5.74, 6) is -2.20. The minimum absolute atomic E-state index is 0.224. The number of imide groups is 2. The predicted molar refractivity (Wildman–Crippen MR) is 94.3 cm³/mol. The van der Waals surface area contributed by atoms with Gasteiger partial charge in [-0.1, -0.05) is 36.4 Å². The molecule has 1 fully saturated rings. The summed E-state index contributed by atoms with van der Waals surface area (Å²) in [6, 6.07) is 12.6. The highest BCUT2D eigenvalue weighted by atomic mass is 16.6. The van der Waals surface area contributed by atoms with E-state index in [9.17, 15) is 29.3 Å². The molecule has 0 saturated carbocycles. The van der Waals surface area contributed by atoms with Crippen molar-refractivity contribution in [2.24, 2.45) is 0 Å². The molecule has 4 amide bonds. The first kappa shape index (κ1) is 20.4. The van der Waals surface area contributed by atoms with E-state index in [0.717, 1.165) is 5.56 Å². The largest absolute Gasteiger partial charge is 0.366 e. The summed E-state index contributed by atoms with van der Waals surface area (Å²) in [5.41, 5.74) is 1.07. The molecule has 1 aromatic heterocycles. The summed E-state index contributed by atoms with van der Waals surface area (Å²) in [6.07, 6.45) is 4.31. The molecule has 0 atom stereocenters. The molecule has 0 aliphatic carbocycles. The molecule has 144 valence electrons. The van der Waals surface area contributed by atoms with E-state index in [0.29, 0.717) is 13.0 Å². The lowest BCUT2D eigenvalue weighted by Gasteiger charge is -2.13. The number of aromatic nitrogens is 1. The smallest absolute Gasteiger partial charge is 0.292 e. The minimum atomic E-state index is -2.03. The van der Waals surface area contributed by atoms with Crippen LogP contribution in [0.15, 0.2) is 60.9 Å². The fourth-order valence-electron chi connectivity index (χ4n) is 2.33. The molecule has 0 spiro atoms. The van der Waals surface area contributed by atoms with E-state index in [4.69, 9.17) is 0 Å². The second-order valence-electron chi connectivity index (χ2n) is 5.74. The van der Waals surface area contributed by atoms with Crippen molar-refractivity contribution in [2.75, 3.05) is 0 Å². The predicted octanol–water partition coefficient (Wildman–Crippen LogP) is -0.216. The topological polar surface area (TPSA) is 139 Å². The van der Waals surface area contributed by atoms with Gasteiger partial charge >= 0.3 is 23.9 Å². The number of Topliss-reactive ketones (excluding diaryl/α,β-unsaturated/α-hetero) is 1. The zero-order valence-corrected chi connectivity index (χ0v) is 14.6. The standard InChI is InChI=1S/C14H14NO.C4H3N3O5/c16-14(11-13-7-3-1-4-8-13)12-15-9-5-2-6-10-15;8-2-1(7(11)12)3(9)6-4(10)5-2/h1-10H,11-12H2;1H,(H2,5,6,8,9,10)/q+1;. The number of pyridine rings is 1. The van der Waals surface area contributed by atoms with E-state index in [1.807, 2.05) is 65.5 Å². The van der Waals surface area contributed by atoms with Gasteiger partial charge in [0.25, 0.3) is 0 Å². The number of carbonyl (C=O) groups is 4. The summed E-state index contributed by atoms with van der Waals surface area (Å²) in [5, 5.41) is 13.2. The van der Waals surface area contributed by atoms with Crippen LogP contribution in [0.25, 0.3) is 0 Å². The number of hydrogen-bond donors (Lipinski definition) is 2. The Hall–Kier alpha value is -3.95. The normalized spacial score (nSPS) is 13.6. The van der Waals surface area contributed by atoms with Crippen LogP contribution in [0.5, 0.6) is 0 Å². The Morgan fingerprint density at radius 2 is 1.50 bits per heavy atom. The number of hydrogen-bond acceptors (Lipinski definition) is 6. The number of benzene rings is 1. The van der Waals surface area contributed by atoms with Crippen molar-refractivity contribution < 1.29 is 28.7 Å². The van der Waals surface area contributed by atoms with Crippen LogP contribution >= 0.6 is 0 Å². The van der Waals surface area contributed by atoms with E-state index < -0.39 is 28.8 Å². The van der Waals surface area contributed by atoms with Gasteiger partial charge in [0.1, 0.15) is 0 Å². The van der Waals surface area contributed by atoms with Crippen molar-refractivity contribution in [3.05, 3.63) is 76.6 Å². The van der Waals surface area contributed by atoms with Gasteiger partial charge in [-0.05, 0) is 5.56 Å². The van der Waals surface area contributed by atoms with Crippen LogP contribution < -0.4 is 15.2 Å². The van der Waals surface area contributed by atoms with Gasteiger partial charge in [0.15, 0.2) is 12.4 Å². The lowest BCUT2D eigenvalue weighted by atomic mass is 10.1. The number of nitrogens with zero attached hydrogens (tertiary/aromatic N) is 2. The van der Waals surface area contributed by atoms with Gasteiger partial charge in [0.2, 0.25) is 12.3 Å². The Balaban J connectivity index is 0.000000209. The third-order valence-electron chi connectivity index (χ3n) is 3.56. The fourth-order valence-corrected chi connectivity index (χ4v) is 2.33. The quantitative estimate of drug-likeness (QED) is 0.316. The number of amides is 4. The first-order chi connectivity index (χ1) is 13.4. The van der Waals surface area contributed by atoms with E-state index in [1.54, 1.807) is 10.6 Å². The van der Waals surface area contributed by atoms with Crippen molar-refractivity contribution in [1.29, 1.82) is 0 Å². The van der Waals surface area contributed by atoms with Gasteiger partial charge in [-0.2, -0.15) is 4.57 Å². The molecule has 1 aliphatic rings. The number of carbonyl (C=O) groups excluding carboxylic acids is 4. The molecule has 0 unspecified atom stereocenters. The maximum atomic E-state index is 11.8. The van der Waals surface area contributed by atoms with Gasteiger partial charge in [-0.25, -0.2) is 4.79 Å². The van der Waals surface area contributed by atoms with Crippen LogP contribution in [-0.4, -0.2) is 34.6 Å². The summed E-state index contributed by atoms with van der Waals surface area (Å²) in [6.45, 7) is 0.440. The maximum absolute atomic E-state index is 11.8. The average molecular weight is 385 g/mol. The lowest BCUT2D eigenvalue weighted by molar-refractivity contribution is -0.684. The number of rotatable bonds is 5. The SMILES string of the molecule is O=C(Cc1ccccc1)C[n+]1ccccc1.O=C1NC(=O)C([N+](=O)[O-])C(=O)N1. The van der Waals surface area contributed by atoms with Gasteiger partial charge < -0.3 is 0 Å². The number of nitrogens with one attached hydrogen (secondary N) is 2. The Morgan fingerprint density at radius 1 is 0.964 bits per heavy atom. The zero-order valence-electron chi connectivity index (χ0n) is 14.6. The highest BCUT2D eigenvalue weighted by molar-refractivity contribution is 6.17. The van der Waals surface area contributed by atoms with E-state index in [2.05, 4.69) is 0 Å².